The molecule has 27 heavy (non-hydrogen) atoms. The largest absolute Gasteiger partial charge is 0.508 e. The number of carbonyl (C=O) groups excluding carboxylic acids is 1. The smallest absolute Gasteiger partial charge is 0.434 e. The molecule has 0 amide bonds. The van der Waals surface area contributed by atoms with Gasteiger partial charge in [0.1, 0.15) is 6.10 Å². The zero-order valence-corrected chi connectivity index (χ0v) is 18.8. The van der Waals surface area contributed by atoms with Crippen molar-refractivity contribution in [2.24, 2.45) is 11.8 Å². The minimum atomic E-state index is -0.510. The summed E-state index contributed by atoms with van der Waals surface area (Å²) in [5, 5.41) is 0. The molecule has 0 saturated carbocycles. The molecule has 3 nitrogen and oxygen atoms in total. The van der Waals surface area contributed by atoms with Gasteiger partial charge in [-0.15, -0.1) is 0 Å². The first-order chi connectivity index (χ1) is 13.0. The Bertz CT molecular complexity index is 353. The minimum absolute atomic E-state index is 0.0668. The van der Waals surface area contributed by atoms with E-state index in [-0.39, 0.29) is 6.10 Å². The third-order valence-corrected chi connectivity index (χ3v) is 4.92. The molecular weight excluding hydrogens is 336 g/mol. The lowest BCUT2D eigenvalue weighted by molar-refractivity contribution is -0.0110. The summed E-state index contributed by atoms with van der Waals surface area (Å²) in [5.74, 6) is 0.627. The highest BCUT2D eigenvalue weighted by molar-refractivity contribution is 5.60. The first-order valence-corrected chi connectivity index (χ1v) is 11.5. The van der Waals surface area contributed by atoms with Crippen molar-refractivity contribution in [3.8, 4) is 0 Å². The van der Waals surface area contributed by atoms with Crippen molar-refractivity contribution in [1.29, 1.82) is 0 Å². The van der Waals surface area contributed by atoms with Gasteiger partial charge in [-0.3, -0.25) is 0 Å². The Kier molecular flexibility index (Phi) is 17.7. The van der Waals surface area contributed by atoms with Gasteiger partial charge in [0, 0.05) is 0 Å². The SMILES string of the molecule is CCCCCC/C=C\CCCCCCCCOC(=O)OC(C(C)C)C(C)C. The first-order valence-electron chi connectivity index (χ1n) is 11.5. The molecule has 0 atom stereocenters. The van der Waals surface area contributed by atoms with Crippen molar-refractivity contribution in [3.05, 3.63) is 12.2 Å². The van der Waals surface area contributed by atoms with Gasteiger partial charge < -0.3 is 9.47 Å². The van der Waals surface area contributed by atoms with E-state index in [0.29, 0.717) is 18.4 Å². The second-order valence-electron chi connectivity index (χ2n) is 8.40. The van der Waals surface area contributed by atoms with Crippen molar-refractivity contribution in [1.82, 2.24) is 0 Å². The van der Waals surface area contributed by atoms with Crippen LogP contribution in [0.2, 0.25) is 0 Å². The summed E-state index contributed by atoms with van der Waals surface area (Å²) < 4.78 is 10.6. The van der Waals surface area contributed by atoms with E-state index in [9.17, 15) is 4.79 Å². The highest BCUT2D eigenvalue weighted by Gasteiger charge is 2.22. The van der Waals surface area contributed by atoms with Gasteiger partial charge >= 0.3 is 6.16 Å². The number of hydrogen-bond acceptors (Lipinski definition) is 3. The average molecular weight is 383 g/mol. The molecule has 0 bridgehead atoms. The quantitative estimate of drug-likeness (QED) is 0.145. The monoisotopic (exact) mass is 382 g/mol. The van der Waals surface area contributed by atoms with Gasteiger partial charge in [-0.05, 0) is 43.9 Å². The summed E-state index contributed by atoms with van der Waals surface area (Å²) in [6.07, 6.45) is 19.1. The summed E-state index contributed by atoms with van der Waals surface area (Å²) in [6, 6.07) is 0. The predicted octanol–water partition coefficient (Wildman–Crippen LogP) is 8.08. The first kappa shape index (κ1) is 26.0. The minimum Gasteiger partial charge on any atom is -0.434 e. The molecule has 0 aromatic heterocycles. The van der Waals surface area contributed by atoms with Crippen molar-refractivity contribution in [2.75, 3.05) is 6.61 Å². The molecule has 0 heterocycles. The zero-order chi connectivity index (χ0) is 20.3. The number of unbranched alkanes of at least 4 members (excludes halogenated alkanes) is 10. The summed E-state index contributed by atoms with van der Waals surface area (Å²) in [6.45, 7) is 11.0. The second kappa shape index (κ2) is 18.4. The lowest BCUT2D eigenvalue weighted by Crippen LogP contribution is -2.29. The van der Waals surface area contributed by atoms with E-state index in [4.69, 9.17) is 9.47 Å². The van der Waals surface area contributed by atoms with Crippen LogP contribution in [0, 0.1) is 11.8 Å². The van der Waals surface area contributed by atoms with Crippen LogP contribution in [0.3, 0.4) is 0 Å². The molecule has 0 aromatic rings. The molecule has 0 aliphatic rings. The number of hydrogen-bond donors (Lipinski definition) is 0. The topological polar surface area (TPSA) is 35.5 Å². The van der Waals surface area contributed by atoms with Gasteiger partial charge in [-0.2, -0.15) is 0 Å². The standard InChI is InChI=1S/C24H46O3/c1-6-7-8-9-10-11-12-13-14-15-16-17-18-19-20-26-24(25)27-23(21(2)3)22(4)5/h11-12,21-23H,6-10,13-20H2,1-5H3/b12-11-. The molecule has 0 aromatic carbocycles. The fourth-order valence-electron chi connectivity index (χ4n) is 3.34. The molecule has 0 aliphatic carbocycles. The lowest BCUT2D eigenvalue weighted by Gasteiger charge is -2.24. The maximum Gasteiger partial charge on any atom is 0.508 e. The fraction of sp³-hybridized carbons (Fsp3) is 0.875. The Hall–Kier alpha value is -0.990. The van der Waals surface area contributed by atoms with Gasteiger partial charge in [0.15, 0.2) is 0 Å². The van der Waals surface area contributed by atoms with Gasteiger partial charge in [-0.1, -0.05) is 91.7 Å². The molecule has 0 fully saturated rings. The Morgan fingerprint density at radius 3 is 1.74 bits per heavy atom. The summed E-state index contributed by atoms with van der Waals surface area (Å²) in [7, 11) is 0. The third-order valence-electron chi connectivity index (χ3n) is 4.92. The molecule has 3 heteroatoms. The number of carbonyl (C=O) groups is 1. The van der Waals surface area contributed by atoms with Crippen molar-refractivity contribution < 1.29 is 14.3 Å². The average Bonchev–Trinajstić information content (AvgIpc) is 2.62. The molecular formula is C24H46O3. The van der Waals surface area contributed by atoms with Crippen LogP contribution in [0.15, 0.2) is 12.2 Å². The lowest BCUT2D eigenvalue weighted by atomic mass is 9.96. The predicted molar refractivity (Wildman–Crippen MR) is 116 cm³/mol. The van der Waals surface area contributed by atoms with E-state index >= 15 is 0 Å². The van der Waals surface area contributed by atoms with Gasteiger partial charge in [0.2, 0.25) is 0 Å². The highest BCUT2D eigenvalue weighted by Crippen LogP contribution is 2.17. The number of rotatable bonds is 17. The van der Waals surface area contributed by atoms with Crippen LogP contribution in [0.1, 0.15) is 112 Å². The molecule has 0 radical (unpaired) electrons. The van der Waals surface area contributed by atoms with Crippen molar-refractivity contribution in [3.63, 3.8) is 0 Å². The van der Waals surface area contributed by atoms with Gasteiger partial charge in [0.25, 0.3) is 0 Å². The number of ether oxygens (including phenoxy) is 2. The van der Waals surface area contributed by atoms with E-state index in [1.165, 1.54) is 64.2 Å². The van der Waals surface area contributed by atoms with Gasteiger partial charge in [-0.25, -0.2) is 4.79 Å². The Morgan fingerprint density at radius 2 is 1.22 bits per heavy atom. The van der Waals surface area contributed by atoms with E-state index in [1.54, 1.807) is 0 Å². The Balaban J connectivity index is 3.42. The van der Waals surface area contributed by atoms with E-state index < -0.39 is 6.16 Å². The summed E-state index contributed by atoms with van der Waals surface area (Å²) in [5.41, 5.74) is 0. The normalized spacial score (nSPS) is 11.9. The van der Waals surface area contributed by atoms with Crippen molar-refractivity contribution >= 4 is 6.16 Å². The maximum absolute atomic E-state index is 11.7. The van der Waals surface area contributed by atoms with Crippen LogP contribution in [-0.4, -0.2) is 18.9 Å². The molecule has 160 valence electrons. The van der Waals surface area contributed by atoms with Crippen molar-refractivity contribution in [2.45, 2.75) is 118 Å². The Labute approximate surface area is 169 Å². The van der Waals surface area contributed by atoms with Crippen LogP contribution in [0.5, 0.6) is 0 Å². The maximum atomic E-state index is 11.7. The molecule has 0 spiro atoms. The van der Waals surface area contributed by atoms with Crippen LogP contribution in [-0.2, 0) is 9.47 Å². The van der Waals surface area contributed by atoms with Crippen LogP contribution in [0.4, 0.5) is 4.79 Å². The second-order valence-corrected chi connectivity index (χ2v) is 8.40. The highest BCUT2D eigenvalue weighted by atomic mass is 16.7. The third kappa shape index (κ3) is 16.9. The van der Waals surface area contributed by atoms with Crippen LogP contribution in [0.25, 0.3) is 0 Å². The van der Waals surface area contributed by atoms with E-state index in [2.05, 4.69) is 46.8 Å². The zero-order valence-electron chi connectivity index (χ0n) is 18.8. The van der Waals surface area contributed by atoms with Crippen LogP contribution >= 0.6 is 0 Å². The molecule has 0 unspecified atom stereocenters. The molecule has 0 rings (SSSR count). The number of allylic oxidation sites excluding steroid dienone is 2. The van der Waals surface area contributed by atoms with E-state index in [1.807, 2.05) is 0 Å². The summed E-state index contributed by atoms with van der Waals surface area (Å²) in [4.78, 5) is 11.7. The molecule has 0 saturated heterocycles. The fourth-order valence-corrected chi connectivity index (χ4v) is 3.34. The molecule has 0 aliphatic heterocycles. The van der Waals surface area contributed by atoms with Gasteiger partial charge in [0.05, 0.1) is 6.61 Å². The van der Waals surface area contributed by atoms with Crippen LogP contribution < -0.4 is 0 Å². The Morgan fingerprint density at radius 1 is 0.741 bits per heavy atom. The van der Waals surface area contributed by atoms with E-state index in [0.717, 1.165) is 12.8 Å². The summed E-state index contributed by atoms with van der Waals surface area (Å²) >= 11 is 0. The molecule has 0 N–H and O–H groups in total.